The lowest BCUT2D eigenvalue weighted by atomic mass is 10.1. The molecule has 92 valence electrons. The van der Waals surface area contributed by atoms with Gasteiger partial charge in [-0.1, -0.05) is 34.1 Å². The highest BCUT2D eigenvalue weighted by Gasteiger charge is 2.32. The second-order valence-electron chi connectivity index (χ2n) is 4.26. The maximum atomic E-state index is 11.8. The second-order valence-corrected chi connectivity index (χ2v) is 5.12. The van der Waals surface area contributed by atoms with Crippen LogP contribution < -0.4 is 11.1 Å². The van der Waals surface area contributed by atoms with Crippen LogP contribution in [0.2, 0.25) is 0 Å². The van der Waals surface area contributed by atoms with Crippen LogP contribution in [0.4, 0.5) is 4.79 Å². The number of urea groups is 1. The third-order valence-corrected chi connectivity index (χ3v) is 3.81. The topological polar surface area (TPSA) is 58.4 Å². The summed E-state index contributed by atoms with van der Waals surface area (Å²) in [6.45, 7) is 3.11. The zero-order chi connectivity index (χ0) is 12.4. The number of benzene rings is 1. The van der Waals surface area contributed by atoms with Gasteiger partial charge in [-0.05, 0) is 18.6 Å². The number of carbonyl (C=O) groups is 1. The first-order chi connectivity index (χ1) is 8.13. The minimum Gasteiger partial charge on any atom is -0.329 e. The molecule has 1 aromatic carbocycles. The van der Waals surface area contributed by atoms with Gasteiger partial charge in [0.2, 0.25) is 0 Å². The number of hydrogen-bond donors (Lipinski definition) is 2. The summed E-state index contributed by atoms with van der Waals surface area (Å²) < 4.78 is 1.02. The van der Waals surface area contributed by atoms with Crippen LogP contribution in [0.5, 0.6) is 0 Å². The fraction of sp³-hybridized carbons (Fsp3) is 0.417. The summed E-state index contributed by atoms with van der Waals surface area (Å²) in [4.78, 5) is 13.6. The molecular weight excluding hydrogens is 282 g/mol. The Morgan fingerprint density at radius 3 is 2.94 bits per heavy atom. The molecule has 0 saturated carbocycles. The Kier molecular flexibility index (Phi) is 3.69. The van der Waals surface area contributed by atoms with Crippen LogP contribution in [-0.4, -0.2) is 30.1 Å². The van der Waals surface area contributed by atoms with E-state index in [1.54, 1.807) is 4.90 Å². The highest BCUT2D eigenvalue weighted by molar-refractivity contribution is 9.10. The molecule has 4 nitrogen and oxygen atoms in total. The molecule has 1 aliphatic heterocycles. The van der Waals surface area contributed by atoms with Gasteiger partial charge in [-0.25, -0.2) is 4.79 Å². The lowest BCUT2D eigenvalue weighted by Crippen LogP contribution is -2.40. The van der Waals surface area contributed by atoms with E-state index in [4.69, 9.17) is 5.73 Å². The predicted molar refractivity (Wildman–Crippen MR) is 70.6 cm³/mol. The fourth-order valence-corrected chi connectivity index (χ4v) is 2.56. The number of carbonyl (C=O) groups excluding carboxylic acids is 1. The van der Waals surface area contributed by atoms with Gasteiger partial charge >= 0.3 is 6.03 Å². The Hall–Kier alpha value is -1.07. The van der Waals surface area contributed by atoms with Crippen LogP contribution in [0.15, 0.2) is 28.7 Å². The summed E-state index contributed by atoms with van der Waals surface area (Å²) in [6, 6.07) is 8.01. The Morgan fingerprint density at radius 1 is 1.59 bits per heavy atom. The predicted octanol–water partition coefficient (Wildman–Crippen LogP) is 1.86. The van der Waals surface area contributed by atoms with Crippen LogP contribution >= 0.6 is 15.9 Å². The van der Waals surface area contributed by atoms with E-state index in [1.807, 2.05) is 31.2 Å². The van der Waals surface area contributed by atoms with Crippen LogP contribution in [0, 0.1) is 0 Å². The molecule has 0 radical (unpaired) electrons. The minimum absolute atomic E-state index is 0.0343. The first kappa shape index (κ1) is 12.4. The van der Waals surface area contributed by atoms with Gasteiger partial charge in [-0.15, -0.1) is 0 Å². The number of amides is 2. The SMILES string of the molecule is CC(CN)N1CC(c2ccccc2Br)NC1=O. The van der Waals surface area contributed by atoms with Crippen molar-refractivity contribution in [3.8, 4) is 0 Å². The van der Waals surface area contributed by atoms with Gasteiger partial charge < -0.3 is 16.0 Å². The zero-order valence-corrected chi connectivity index (χ0v) is 11.3. The third kappa shape index (κ3) is 2.45. The number of halogens is 1. The molecule has 3 N–H and O–H groups in total. The molecule has 2 atom stereocenters. The largest absolute Gasteiger partial charge is 0.329 e. The van der Waals surface area contributed by atoms with Gasteiger partial charge in [0.1, 0.15) is 0 Å². The minimum atomic E-state index is -0.0382. The summed E-state index contributed by atoms with van der Waals surface area (Å²) in [7, 11) is 0. The lowest BCUT2D eigenvalue weighted by molar-refractivity contribution is 0.203. The third-order valence-electron chi connectivity index (χ3n) is 3.09. The quantitative estimate of drug-likeness (QED) is 0.895. The molecule has 0 aromatic heterocycles. The number of hydrogen-bond acceptors (Lipinski definition) is 2. The molecule has 2 amide bonds. The highest BCUT2D eigenvalue weighted by Crippen LogP contribution is 2.27. The molecule has 1 aromatic rings. The van der Waals surface area contributed by atoms with Crippen molar-refractivity contribution in [3.05, 3.63) is 34.3 Å². The average molecular weight is 298 g/mol. The molecule has 1 heterocycles. The normalized spacial score (nSPS) is 21.5. The number of rotatable bonds is 3. The molecule has 1 fully saturated rings. The second kappa shape index (κ2) is 5.06. The van der Waals surface area contributed by atoms with Crippen molar-refractivity contribution in [1.82, 2.24) is 10.2 Å². The Balaban J connectivity index is 2.17. The van der Waals surface area contributed by atoms with Gasteiger partial charge in [0.25, 0.3) is 0 Å². The molecule has 1 saturated heterocycles. The fourth-order valence-electron chi connectivity index (χ4n) is 2.00. The molecule has 5 heteroatoms. The smallest absolute Gasteiger partial charge is 0.318 e. The molecular formula is C12H16BrN3O. The van der Waals surface area contributed by atoms with Crippen molar-refractivity contribution >= 4 is 22.0 Å². The summed E-state index contributed by atoms with van der Waals surface area (Å²) in [6.07, 6.45) is 0. The molecule has 1 aliphatic rings. The van der Waals surface area contributed by atoms with Crippen LogP contribution in [0.1, 0.15) is 18.5 Å². The van der Waals surface area contributed by atoms with Gasteiger partial charge in [-0.2, -0.15) is 0 Å². The van der Waals surface area contributed by atoms with Gasteiger partial charge in [0.15, 0.2) is 0 Å². The van der Waals surface area contributed by atoms with Crippen molar-refractivity contribution in [1.29, 1.82) is 0 Å². The van der Waals surface area contributed by atoms with Crippen LogP contribution in [0.3, 0.4) is 0 Å². The molecule has 2 rings (SSSR count). The van der Waals surface area contributed by atoms with Crippen LogP contribution in [-0.2, 0) is 0 Å². The molecule has 17 heavy (non-hydrogen) atoms. The Morgan fingerprint density at radius 2 is 2.29 bits per heavy atom. The average Bonchev–Trinajstić information content (AvgIpc) is 2.71. The number of nitrogens with two attached hydrogens (primary N) is 1. The summed E-state index contributed by atoms with van der Waals surface area (Å²) in [5.74, 6) is 0. The van der Waals surface area contributed by atoms with Crippen molar-refractivity contribution in [2.75, 3.05) is 13.1 Å². The van der Waals surface area contributed by atoms with E-state index in [9.17, 15) is 4.79 Å². The molecule has 2 unspecified atom stereocenters. The number of nitrogens with one attached hydrogen (secondary N) is 1. The van der Waals surface area contributed by atoms with Gasteiger partial charge in [0, 0.05) is 23.6 Å². The lowest BCUT2D eigenvalue weighted by Gasteiger charge is -2.21. The molecule has 0 aliphatic carbocycles. The van der Waals surface area contributed by atoms with Crippen molar-refractivity contribution in [2.24, 2.45) is 5.73 Å². The monoisotopic (exact) mass is 297 g/mol. The van der Waals surface area contributed by atoms with Crippen molar-refractivity contribution in [2.45, 2.75) is 19.0 Å². The van der Waals surface area contributed by atoms with Gasteiger partial charge in [0.05, 0.1) is 6.04 Å². The van der Waals surface area contributed by atoms with E-state index in [1.165, 1.54) is 0 Å². The number of nitrogens with zero attached hydrogens (tertiary/aromatic N) is 1. The summed E-state index contributed by atoms with van der Waals surface area (Å²) in [5, 5.41) is 2.98. The van der Waals surface area contributed by atoms with E-state index in [-0.39, 0.29) is 18.1 Å². The van der Waals surface area contributed by atoms with Gasteiger partial charge in [-0.3, -0.25) is 0 Å². The van der Waals surface area contributed by atoms with E-state index >= 15 is 0 Å². The highest BCUT2D eigenvalue weighted by atomic mass is 79.9. The van der Waals surface area contributed by atoms with Crippen molar-refractivity contribution < 1.29 is 4.79 Å². The Bertz CT molecular complexity index is 424. The standard InChI is InChI=1S/C12H16BrN3O/c1-8(6-14)16-7-11(15-12(16)17)9-4-2-3-5-10(9)13/h2-5,8,11H,6-7,14H2,1H3,(H,15,17). The van der Waals surface area contributed by atoms with Crippen LogP contribution in [0.25, 0.3) is 0 Å². The first-order valence-corrected chi connectivity index (χ1v) is 6.44. The summed E-state index contributed by atoms with van der Waals surface area (Å²) in [5.41, 5.74) is 6.70. The van der Waals surface area contributed by atoms with E-state index < -0.39 is 0 Å². The van der Waals surface area contributed by atoms with E-state index in [0.29, 0.717) is 13.1 Å². The maximum Gasteiger partial charge on any atom is 0.318 e. The summed E-state index contributed by atoms with van der Waals surface area (Å²) >= 11 is 3.51. The van der Waals surface area contributed by atoms with E-state index in [0.717, 1.165) is 10.0 Å². The first-order valence-electron chi connectivity index (χ1n) is 5.65. The molecule has 0 spiro atoms. The van der Waals surface area contributed by atoms with E-state index in [2.05, 4.69) is 21.2 Å². The van der Waals surface area contributed by atoms with Crippen molar-refractivity contribution in [3.63, 3.8) is 0 Å². The maximum absolute atomic E-state index is 11.8. The molecule has 0 bridgehead atoms. The Labute approximate surface area is 109 Å². The zero-order valence-electron chi connectivity index (χ0n) is 9.69.